The van der Waals surface area contributed by atoms with Crippen LogP contribution in [0.5, 0.6) is 0 Å². The van der Waals surface area contributed by atoms with E-state index in [0.29, 0.717) is 16.1 Å². The van der Waals surface area contributed by atoms with Gasteiger partial charge in [-0.15, -0.1) is 11.3 Å². The molecule has 2 heterocycles. The number of nitrogens with one attached hydrogen (secondary N) is 1. The Kier molecular flexibility index (Phi) is 6.23. The molecule has 0 bridgehead atoms. The van der Waals surface area contributed by atoms with E-state index in [9.17, 15) is 18.4 Å². The summed E-state index contributed by atoms with van der Waals surface area (Å²) < 4.78 is 31.9. The molecule has 1 unspecified atom stereocenters. The largest absolute Gasteiger partial charge is 0.465 e. The maximum atomic E-state index is 13.6. The van der Waals surface area contributed by atoms with Gasteiger partial charge in [0.1, 0.15) is 22.2 Å². The Balaban J connectivity index is 1.59. The van der Waals surface area contributed by atoms with Gasteiger partial charge in [-0.1, -0.05) is 12.1 Å². The van der Waals surface area contributed by atoms with Crippen molar-refractivity contribution in [3.8, 4) is 11.1 Å². The second kappa shape index (κ2) is 9.08. The highest BCUT2D eigenvalue weighted by Gasteiger charge is 2.27. The minimum absolute atomic E-state index is 0.0597. The molecule has 1 aromatic heterocycles. The van der Waals surface area contributed by atoms with Crippen LogP contribution in [0.25, 0.3) is 11.1 Å². The highest BCUT2D eigenvalue weighted by Crippen LogP contribution is 2.37. The first kappa shape index (κ1) is 22.0. The zero-order valence-corrected chi connectivity index (χ0v) is 18.5. The SMILES string of the molecule is COC(=O)c1c(-c2ccc(F)cc2)csc1NC(=O)CN1c2ccc(F)cc2CCC1C. The van der Waals surface area contributed by atoms with Gasteiger partial charge in [0.2, 0.25) is 5.91 Å². The lowest BCUT2D eigenvalue weighted by Crippen LogP contribution is -2.42. The number of fused-ring (bicyclic) bond motifs is 1. The molecular weight excluding hydrogens is 434 g/mol. The van der Waals surface area contributed by atoms with Crippen molar-refractivity contribution in [2.75, 3.05) is 23.9 Å². The van der Waals surface area contributed by atoms with Gasteiger partial charge in [0.25, 0.3) is 0 Å². The molecule has 5 nitrogen and oxygen atoms in total. The topological polar surface area (TPSA) is 58.6 Å². The molecule has 166 valence electrons. The summed E-state index contributed by atoms with van der Waals surface area (Å²) in [5.74, 6) is -1.56. The number of nitrogens with zero attached hydrogens (tertiary/aromatic N) is 1. The molecule has 8 heteroatoms. The zero-order chi connectivity index (χ0) is 22.8. The highest BCUT2D eigenvalue weighted by molar-refractivity contribution is 7.15. The Morgan fingerprint density at radius 2 is 1.88 bits per heavy atom. The number of amides is 1. The Bertz CT molecular complexity index is 1160. The van der Waals surface area contributed by atoms with Crippen LogP contribution in [0, 0.1) is 11.6 Å². The number of hydrogen-bond acceptors (Lipinski definition) is 5. The van der Waals surface area contributed by atoms with E-state index in [0.717, 1.165) is 24.1 Å². The number of hydrogen-bond donors (Lipinski definition) is 1. The molecule has 1 aliphatic rings. The van der Waals surface area contributed by atoms with Gasteiger partial charge >= 0.3 is 5.97 Å². The lowest BCUT2D eigenvalue weighted by atomic mass is 9.96. The Morgan fingerprint density at radius 3 is 2.59 bits per heavy atom. The number of esters is 1. The predicted octanol–water partition coefficient (Wildman–Crippen LogP) is 5.26. The smallest absolute Gasteiger partial charge is 0.341 e. The van der Waals surface area contributed by atoms with E-state index in [1.807, 2.05) is 11.8 Å². The normalized spacial score (nSPS) is 15.2. The number of carbonyl (C=O) groups excluding carboxylic acids is 2. The van der Waals surface area contributed by atoms with Crippen molar-refractivity contribution in [1.29, 1.82) is 0 Å². The number of rotatable bonds is 5. The lowest BCUT2D eigenvalue weighted by Gasteiger charge is -2.36. The zero-order valence-electron chi connectivity index (χ0n) is 17.7. The summed E-state index contributed by atoms with van der Waals surface area (Å²) in [7, 11) is 1.27. The van der Waals surface area contributed by atoms with Crippen molar-refractivity contribution in [3.05, 3.63) is 70.6 Å². The minimum Gasteiger partial charge on any atom is -0.465 e. The monoisotopic (exact) mass is 456 g/mol. The van der Waals surface area contributed by atoms with Crippen LogP contribution >= 0.6 is 11.3 Å². The number of ether oxygens (including phenoxy) is 1. The average molecular weight is 457 g/mol. The molecule has 0 aliphatic carbocycles. The number of carbonyl (C=O) groups is 2. The Hall–Kier alpha value is -3.26. The van der Waals surface area contributed by atoms with Crippen molar-refractivity contribution in [2.45, 2.75) is 25.8 Å². The molecule has 0 fully saturated rings. The van der Waals surface area contributed by atoms with E-state index in [2.05, 4.69) is 5.32 Å². The fraction of sp³-hybridized carbons (Fsp3) is 0.250. The van der Waals surface area contributed by atoms with Crippen LogP contribution in [0.3, 0.4) is 0 Å². The van der Waals surface area contributed by atoms with Crippen LogP contribution in [0.2, 0.25) is 0 Å². The number of methoxy groups -OCH3 is 1. The standard InChI is InChI=1S/C24H22F2N2O3S/c1-14-3-4-16-11-18(26)9-10-20(16)28(14)12-21(29)27-23-22(24(30)31-2)19(13-32-23)15-5-7-17(25)8-6-15/h5-11,13-14H,3-4,12H2,1-2H3,(H,27,29). The lowest BCUT2D eigenvalue weighted by molar-refractivity contribution is -0.115. The second-order valence-corrected chi connectivity index (χ2v) is 8.57. The quantitative estimate of drug-likeness (QED) is 0.532. The summed E-state index contributed by atoms with van der Waals surface area (Å²) in [6.45, 7) is 2.08. The molecule has 2 aromatic carbocycles. The molecule has 32 heavy (non-hydrogen) atoms. The summed E-state index contributed by atoms with van der Waals surface area (Å²) >= 11 is 1.20. The second-order valence-electron chi connectivity index (χ2n) is 7.69. The molecule has 1 aliphatic heterocycles. The summed E-state index contributed by atoms with van der Waals surface area (Å²) in [4.78, 5) is 27.4. The minimum atomic E-state index is -0.590. The molecule has 3 aromatic rings. The predicted molar refractivity (Wildman–Crippen MR) is 121 cm³/mol. The Morgan fingerprint density at radius 1 is 1.16 bits per heavy atom. The van der Waals surface area contributed by atoms with Crippen molar-refractivity contribution >= 4 is 33.9 Å². The molecule has 0 saturated heterocycles. The summed E-state index contributed by atoms with van der Waals surface area (Å²) in [5, 5.41) is 4.93. The molecule has 0 spiro atoms. The maximum absolute atomic E-state index is 13.6. The fourth-order valence-electron chi connectivity index (χ4n) is 3.95. The summed E-state index contributed by atoms with van der Waals surface area (Å²) in [5.41, 5.74) is 3.15. The number of anilines is 2. The number of benzene rings is 2. The third-order valence-electron chi connectivity index (χ3n) is 5.62. The molecule has 1 N–H and O–H groups in total. The van der Waals surface area contributed by atoms with Crippen molar-refractivity contribution in [3.63, 3.8) is 0 Å². The van der Waals surface area contributed by atoms with E-state index >= 15 is 0 Å². The van der Waals surface area contributed by atoms with Gasteiger partial charge in [-0.25, -0.2) is 13.6 Å². The molecule has 4 rings (SSSR count). The van der Waals surface area contributed by atoms with E-state index in [-0.39, 0.29) is 35.7 Å². The Labute approximate surface area is 188 Å². The van der Waals surface area contributed by atoms with Gasteiger partial charge in [0, 0.05) is 22.7 Å². The maximum Gasteiger partial charge on any atom is 0.341 e. The van der Waals surface area contributed by atoms with Gasteiger partial charge < -0.3 is 15.0 Å². The number of thiophene rings is 1. The van der Waals surface area contributed by atoms with Gasteiger partial charge in [-0.05, 0) is 61.2 Å². The highest BCUT2D eigenvalue weighted by atomic mass is 32.1. The molecule has 1 atom stereocenters. The molecular formula is C24H22F2N2O3S. The van der Waals surface area contributed by atoms with Crippen LogP contribution in [-0.2, 0) is 16.0 Å². The fourth-order valence-corrected chi connectivity index (χ4v) is 4.92. The van der Waals surface area contributed by atoms with Crippen molar-refractivity contribution < 1.29 is 23.1 Å². The van der Waals surface area contributed by atoms with Crippen LogP contribution in [0.1, 0.15) is 29.3 Å². The van der Waals surface area contributed by atoms with Crippen LogP contribution in [0.4, 0.5) is 19.5 Å². The van der Waals surface area contributed by atoms with Crippen LogP contribution in [-0.4, -0.2) is 31.6 Å². The first-order valence-corrected chi connectivity index (χ1v) is 11.1. The van der Waals surface area contributed by atoms with Gasteiger partial charge in [-0.2, -0.15) is 0 Å². The molecule has 0 saturated carbocycles. The third kappa shape index (κ3) is 4.36. The van der Waals surface area contributed by atoms with E-state index in [1.165, 1.54) is 42.7 Å². The van der Waals surface area contributed by atoms with Crippen LogP contribution < -0.4 is 10.2 Å². The third-order valence-corrected chi connectivity index (χ3v) is 6.51. The van der Waals surface area contributed by atoms with Crippen LogP contribution in [0.15, 0.2) is 47.8 Å². The first-order chi connectivity index (χ1) is 15.4. The van der Waals surface area contributed by atoms with Gasteiger partial charge in [-0.3, -0.25) is 4.79 Å². The first-order valence-electron chi connectivity index (χ1n) is 10.2. The summed E-state index contributed by atoms with van der Waals surface area (Å²) in [6, 6.07) is 10.5. The van der Waals surface area contributed by atoms with E-state index in [1.54, 1.807) is 23.6 Å². The van der Waals surface area contributed by atoms with E-state index in [4.69, 9.17) is 4.74 Å². The number of halogens is 2. The number of aryl methyl sites for hydroxylation is 1. The molecule has 1 amide bonds. The van der Waals surface area contributed by atoms with Crippen molar-refractivity contribution in [1.82, 2.24) is 0 Å². The summed E-state index contributed by atoms with van der Waals surface area (Å²) in [6.07, 6.45) is 1.57. The van der Waals surface area contributed by atoms with Gasteiger partial charge in [0.15, 0.2) is 0 Å². The van der Waals surface area contributed by atoms with Gasteiger partial charge in [0.05, 0.1) is 13.7 Å². The van der Waals surface area contributed by atoms with Crippen molar-refractivity contribution in [2.24, 2.45) is 0 Å². The average Bonchev–Trinajstić information content (AvgIpc) is 3.19. The molecule has 0 radical (unpaired) electrons. The van der Waals surface area contributed by atoms with E-state index < -0.39 is 5.97 Å².